The summed E-state index contributed by atoms with van der Waals surface area (Å²) in [4.78, 5) is 13.1. The first kappa shape index (κ1) is 19.2. The van der Waals surface area contributed by atoms with Gasteiger partial charge in [-0.2, -0.15) is 4.98 Å². The van der Waals surface area contributed by atoms with Gasteiger partial charge in [-0.05, 0) is 31.5 Å². The van der Waals surface area contributed by atoms with Crippen LogP contribution in [0.25, 0.3) is 0 Å². The van der Waals surface area contributed by atoms with Crippen LogP contribution in [0.5, 0.6) is 17.4 Å². The van der Waals surface area contributed by atoms with Crippen LogP contribution in [0.1, 0.15) is 11.1 Å². The molecule has 2 heterocycles. The Morgan fingerprint density at radius 3 is 2.25 bits per heavy atom. The molecule has 0 atom stereocenters. The van der Waals surface area contributed by atoms with Gasteiger partial charge in [0.15, 0.2) is 11.5 Å². The van der Waals surface area contributed by atoms with Crippen molar-refractivity contribution in [2.45, 2.75) is 13.8 Å². The summed E-state index contributed by atoms with van der Waals surface area (Å²) in [6, 6.07) is 7.45. The van der Waals surface area contributed by atoms with Crippen LogP contribution in [-0.2, 0) is 0 Å². The topological polar surface area (TPSA) is 90.4 Å². The third kappa shape index (κ3) is 4.22. The molecule has 8 heteroatoms. The van der Waals surface area contributed by atoms with Gasteiger partial charge in [-0.3, -0.25) is 0 Å². The fourth-order valence-corrected chi connectivity index (χ4v) is 2.70. The molecule has 0 amide bonds. The molecule has 2 N–H and O–H groups in total. The number of nitrogens with zero attached hydrogens (tertiary/aromatic N) is 3. The third-order valence-corrected chi connectivity index (χ3v) is 4.10. The zero-order valence-electron chi connectivity index (χ0n) is 16.5. The molecule has 1 aromatic carbocycles. The van der Waals surface area contributed by atoms with E-state index < -0.39 is 0 Å². The Kier molecular flexibility index (Phi) is 5.78. The van der Waals surface area contributed by atoms with E-state index >= 15 is 0 Å². The minimum absolute atomic E-state index is 0.459. The summed E-state index contributed by atoms with van der Waals surface area (Å²) in [5.74, 6) is 3.03. The monoisotopic (exact) mass is 381 g/mol. The van der Waals surface area contributed by atoms with Crippen molar-refractivity contribution in [1.29, 1.82) is 0 Å². The van der Waals surface area contributed by atoms with Gasteiger partial charge in [0, 0.05) is 29.6 Å². The number of aromatic nitrogens is 3. The van der Waals surface area contributed by atoms with Crippen LogP contribution in [-0.4, -0.2) is 36.3 Å². The number of hydrogen-bond acceptors (Lipinski definition) is 8. The molecule has 3 aromatic rings. The van der Waals surface area contributed by atoms with Gasteiger partial charge in [0.1, 0.15) is 5.82 Å². The molecule has 0 fully saturated rings. The molecule has 28 heavy (non-hydrogen) atoms. The van der Waals surface area contributed by atoms with Crippen molar-refractivity contribution >= 4 is 23.1 Å². The molecular weight excluding hydrogens is 358 g/mol. The van der Waals surface area contributed by atoms with Crippen molar-refractivity contribution in [3.63, 3.8) is 0 Å². The van der Waals surface area contributed by atoms with Crippen molar-refractivity contribution in [1.82, 2.24) is 15.0 Å². The van der Waals surface area contributed by atoms with Gasteiger partial charge in [-0.15, -0.1) is 0 Å². The Morgan fingerprint density at radius 2 is 1.61 bits per heavy atom. The number of methoxy groups -OCH3 is 3. The van der Waals surface area contributed by atoms with Crippen molar-refractivity contribution in [2.75, 3.05) is 32.0 Å². The van der Waals surface area contributed by atoms with Crippen LogP contribution in [0.3, 0.4) is 0 Å². The number of hydrogen-bond donors (Lipinski definition) is 2. The highest BCUT2D eigenvalue weighted by molar-refractivity contribution is 5.65. The Hall–Kier alpha value is -3.55. The highest BCUT2D eigenvalue weighted by atomic mass is 16.5. The van der Waals surface area contributed by atoms with Crippen LogP contribution in [0.15, 0.2) is 36.7 Å². The van der Waals surface area contributed by atoms with E-state index in [-0.39, 0.29) is 0 Å². The fraction of sp³-hybridized carbons (Fsp3) is 0.250. The lowest BCUT2D eigenvalue weighted by molar-refractivity contribution is 0.353. The number of nitrogens with one attached hydrogen (secondary N) is 2. The molecule has 0 aliphatic heterocycles. The Bertz CT molecular complexity index is 961. The van der Waals surface area contributed by atoms with E-state index in [0.717, 1.165) is 22.5 Å². The summed E-state index contributed by atoms with van der Waals surface area (Å²) in [7, 11) is 4.80. The number of ether oxygens (including phenoxy) is 3. The van der Waals surface area contributed by atoms with E-state index in [2.05, 4.69) is 25.6 Å². The van der Waals surface area contributed by atoms with Crippen LogP contribution >= 0.6 is 0 Å². The average molecular weight is 381 g/mol. The highest BCUT2D eigenvalue weighted by Gasteiger charge is 2.11. The van der Waals surface area contributed by atoms with E-state index in [1.807, 2.05) is 32.0 Å². The first-order chi connectivity index (χ1) is 13.5. The molecule has 0 aliphatic carbocycles. The quantitative estimate of drug-likeness (QED) is 0.635. The summed E-state index contributed by atoms with van der Waals surface area (Å²) in [5.41, 5.74) is 3.45. The lowest BCUT2D eigenvalue weighted by Crippen LogP contribution is -2.04. The van der Waals surface area contributed by atoms with Gasteiger partial charge < -0.3 is 24.8 Å². The molecule has 146 valence electrons. The second kappa shape index (κ2) is 8.43. The van der Waals surface area contributed by atoms with E-state index in [4.69, 9.17) is 14.2 Å². The maximum absolute atomic E-state index is 5.40. The van der Waals surface area contributed by atoms with Gasteiger partial charge in [0.2, 0.25) is 11.8 Å². The zero-order valence-corrected chi connectivity index (χ0v) is 16.5. The van der Waals surface area contributed by atoms with Gasteiger partial charge in [-0.25, -0.2) is 9.97 Å². The fourth-order valence-electron chi connectivity index (χ4n) is 2.70. The summed E-state index contributed by atoms with van der Waals surface area (Å²) >= 11 is 0. The largest absolute Gasteiger partial charge is 0.493 e. The Morgan fingerprint density at radius 1 is 0.786 bits per heavy atom. The lowest BCUT2D eigenvalue weighted by Gasteiger charge is -2.14. The summed E-state index contributed by atoms with van der Waals surface area (Å²) in [6.07, 6.45) is 3.44. The van der Waals surface area contributed by atoms with Crippen LogP contribution in [0.2, 0.25) is 0 Å². The molecule has 8 nitrogen and oxygen atoms in total. The van der Waals surface area contributed by atoms with E-state index in [0.29, 0.717) is 29.1 Å². The predicted octanol–water partition coefficient (Wildman–Crippen LogP) is 4.00. The van der Waals surface area contributed by atoms with Gasteiger partial charge in [-0.1, -0.05) is 0 Å². The minimum Gasteiger partial charge on any atom is -0.493 e. The maximum Gasteiger partial charge on any atom is 0.229 e. The molecule has 0 saturated heterocycles. The molecule has 0 bridgehead atoms. The summed E-state index contributed by atoms with van der Waals surface area (Å²) in [5, 5.41) is 6.46. The van der Waals surface area contributed by atoms with Gasteiger partial charge >= 0.3 is 0 Å². The number of rotatable bonds is 7. The second-order valence-electron chi connectivity index (χ2n) is 6.09. The normalized spacial score (nSPS) is 10.3. The standard InChI is InChI=1S/C20H23N5O3/c1-12-8-15(9-16(26-3)18(12)28-5)24-20-22-10-13(2)19(25-20)23-14-6-7-17(27-4)21-11-14/h6-11H,1-5H3,(H2,22,23,24,25). The minimum atomic E-state index is 0.459. The predicted molar refractivity (Wildman–Crippen MR) is 108 cm³/mol. The molecule has 0 spiro atoms. The molecule has 0 saturated carbocycles. The SMILES string of the molecule is COc1ccc(Nc2nc(Nc3cc(C)c(OC)c(OC)c3)ncc2C)cn1. The molecule has 0 radical (unpaired) electrons. The molecule has 3 rings (SSSR count). The Balaban J connectivity index is 1.84. The van der Waals surface area contributed by atoms with Crippen molar-refractivity contribution in [2.24, 2.45) is 0 Å². The van der Waals surface area contributed by atoms with Gasteiger partial charge in [0.25, 0.3) is 0 Å². The van der Waals surface area contributed by atoms with Crippen molar-refractivity contribution in [3.05, 3.63) is 47.8 Å². The Labute approximate surface area is 163 Å². The van der Waals surface area contributed by atoms with E-state index in [1.54, 1.807) is 39.8 Å². The van der Waals surface area contributed by atoms with Crippen molar-refractivity contribution in [3.8, 4) is 17.4 Å². The molecule has 0 aliphatic rings. The highest BCUT2D eigenvalue weighted by Crippen LogP contribution is 2.34. The first-order valence-corrected chi connectivity index (χ1v) is 8.64. The average Bonchev–Trinajstić information content (AvgIpc) is 2.70. The van der Waals surface area contributed by atoms with Crippen molar-refractivity contribution < 1.29 is 14.2 Å². The second-order valence-corrected chi connectivity index (χ2v) is 6.09. The van der Waals surface area contributed by atoms with Crippen LogP contribution in [0, 0.1) is 13.8 Å². The number of aryl methyl sites for hydroxylation is 2. The summed E-state index contributed by atoms with van der Waals surface area (Å²) in [6.45, 7) is 3.88. The maximum atomic E-state index is 5.40. The number of anilines is 4. The molecular formula is C20H23N5O3. The first-order valence-electron chi connectivity index (χ1n) is 8.64. The third-order valence-electron chi connectivity index (χ3n) is 4.10. The van der Waals surface area contributed by atoms with Crippen LogP contribution in [0.4, 0.5) is 23.1 Å². The lowest BCUT2D eigenvalue weighted by atomic mass is 10.2. The zero-order chi connectivity index (χ0) is 20.1. The molecule has 0 unspecified atom stereocenters. The van der Waals surface area contributed by atoms with E-state index in [9.17, 15) is 0 Å². The van der Waals surface area contributed by atoms with Gasteiger partial charge in [0.05, 0.1) is 33.2 Å². The summed E-state index contributed by atoms with van der Waals surface area (Å²) < 4.78 is 15.9. The number of benzene rings is 1. The smallest absolute Gasteiger partial charge is 0.229 e. The molecule has 2 aromatic heterocycles. The van der Waals surface area contributed by atoms with Crippen LogP contribution < -0.4 is 24.8 Å². The number of pyridine rings is 1. The van der Waals surface area contributed by atoms with E-state index in [1.165, 1.54) is 0 Å².